The van der Waals surface area contributed by atoms with E-state index >= 15 is 0 Å². The van der Waals surface area contributed by atoms with E-state index < -0.39 is 5.60 Å². The number of carbonyl (C=O) groups excluding carboxylic acids is 1. The second-order valence-electron chi connectivity index (χ2n) is 10.2. The average molecular weight is 447 g/mol. The van der Waals surface area contributed by atoms with E-state index in [-0.39, 0.29) is 12.1 Å². The number of hydrogen-bond acceptors (Lipinski definition) is 8. The number of anilines is 1. The predicted molar refractivity (Wildman–Crippen MR) is 123 cm³/mol. The van der Waals surface area contributed by atoms with Crippen LogP contribution in [0.25, 0.3) is 0 Å². The molecule has 178 valence electrons. The highest BCUT2D eigenvalue weighted by atomic mass is 16.6. The fourth-order valence-electron chi connectivity index (χ4n) is 4.74. The van der Waals surface area contributed by atoms with Gasteiger partial charge in [0.25, 0.3) is 0 Å². The lowest BCUT2D eigenvalue weighted by molar-refractivity contribution is 0.0218. The monoisotopic (exact) mass is 446 g/mol. The maximum atomic E-state index is 12.6. The number of rotatable bonds is 4. The van der Waals surface area contributed by atoms with Gasteiger partial charge < -0.3 is 29.5 Å². The van der Waals surface area contributed by atoms with Gasteiger partial charge in [-0.1, -0.05) is 0 Å². The van der Waals surface area contributed by atoms with Crippen molar-refractivity contribution in [2.75, 3.05) is 51.3 Å². The molecular weight excluding hydrogens is 408 g/mol. The average Bonchev–Trinajstić information content (AvgIpc) is 3.15. The lowest BCUT2D eigenvalue weighted by Gasteiger charge is -2.41. The van der Waals surface area contributed by atoms with Gasteiger partial charge in [-0.15, -0.1) is 0 Å². The Bertz CT molecular complexity index is 827. The summed E-state index contributed by atoms with van der Waals surface area (Å²) in [7, 11) is 2.15. The first-order valence-corrected chi connectivity index (χ1v) is 11.9. The maximum absolute atomic E-state index is 12.6. The van der Waals surface area contributed by atoms with E-state index in [0.717, 1.165) is 44.0 Å². The maximum Gasteiger partial charge on any atom is 0.410 e. The van der Waals surface area contributed by atoms with Crippen LogP contribution in [0, 0.1) is 0 Å². The number of piperazine rings is 1. The van der Waals surface area contributed by atoms with Crippen molar-refractivity contribution in [3.63, 3.8) is 0 Å². The lowest BCUT2D eigenvalue weighted by atomic mass is 10.0. The van der Waals surface area contributed by atoms with Crippen LogP contribution in [0.3, 0.4) is 0 Å². The number of nitrogens with one attached hydrogen (secondary N) is 1. The van der Waals surface area contributed by atoms with E-state index in [0.29, 0.717) is 38.3 Å². The summed E-state index contributed by atoms with van der Waals surface area (Å²) < 4.78 is 11.7. The molecule has 2 atom stereocenters. The number of hydrogen-bond donors (Lipinski definition) is 1. The van der Waals surface area contributed by atoms with Gasteiger partial charge in [-0.25, -0.2) is 4.79 Å². The third-order valence-corrected chi connectivity index (χ3v) is 6.52. The molecule has 0 spiro atoms. The van der Waals surface area contributed by atoms with Crippen LogP contribution in [-0.4, -0.2) is 89.9 Å². The molecule has 1 aromatic heterocycles. The van der Waals surface area contributed by atoms with Gasteiger partial charge in [0.05, 0.1) is 5.69 Å². The van der Waals surface area contributed by atoms with Crippen LogP contribution < -0.4 is 15.0 Å². The molecule has 32 heavy (non-hydrogen) atoms. The molecule has 3 aliphatic rings. The van der Waals surface area contributed by atoms with Crippen LogP contribution in [0.1, 0.15) is 51.8 Å². The Hall–Kier alpha value is -2.13. The number of nitrogens with zero attached hydrogens (tertiary/aromatic N) is 5. The Kier molecular flexibility index (Phi) is 6.76. The Morgan fingerprint density at radius 1 is 1.22 bits per heavy atom. The first-order chi connectivity index (χ1) is 15.2. The van der Waals surface area contributed by atoms with Crippen molar-refractivity contribution in [3.05, 3.63) is 11.3 Å². The normalized spacial score (nSPS) is 24.4. The van der Waals surface area contributed by atoms with Crippen molar-refractivity contribution in [3.8, 4) is 6.01 Å². The standard InChI is InChI=1S/C23H38N6O3/c1-16-14-28(22(30)32-23(2,3)4)11-12-29(16)20-18-8-9-24-13-19(18)25-21(26-20)31-15-17-7-6-10-27(17)5/h16-17,24H,6-15H2,1-5H3/t16-,17+/m1/s1. The highest BCUT2D eigenvalue weighted by Gasteiger charge is 2.33. The molecule has 9 heteroatoms. The summed E-state index contributed by atoms with van der Waals surface area (Å²) in [4.78, 5) is 28.6. The zero-order chi connectivity index (χ0) is 22.9. The highest BCUT2D eigenvalue weighted by molar-refractivity contribution is 5.69. The number of amides is 1. The Morgan fingerprint density at radius 2 is 2.03 bits per heavy atom. The van der Waals surface area contributed by atoms with Crippen LogP contribution in [-0.2, 0) is 17.7 Å². The van der Waals surface area contributed by atoms with Crippen molar-refractivity contribution in [2.24, 2.45) is 0 Å². The first kappa shape index (κ1) is 23.0. The molecule has 4 heterocycles. The molecule has 4 rings (SSSR count). The Balaban J connectivity index is 1.50. The van der Waals surface area contributed by atoms with Crippen molar-refractivity contribution >= 4 is 11.9 Å². The predicted octanol–water partition coefficient (Wildman–Crippen LogP) is 2.04. The van der Waals surface area contributed by atoms with Gasteiger partial charge in [-0.05, 0) is 67.1 Å². The third-order valence-electron chi connectivity index (χ3n) is 6.52. The summed E-state index contributed by atoms with van der Waals surface area (Å²) in [5, 5.41) is 3.42. The van der Waals surface area contributed by atoms with E-state index in [1.807, 2.05) is 20.8 Å². The van der Waals surface area contributed by atoms with Gasteiger partial charge in [-0.3, -0.25) is 0 Å². The third kappa shape index (κ3) is 5.26. The Labute approximate surface area is 191 Å². The fraction of sp³-hybridized carbons (Fsp3) is 0.783. The summed E-state index contributed by atoms with van der Waals surface area (Å²) in [5.74, 6) is 0.961. The summed E-state index contributed by atoms with van der Waals surface area (Å²) in [6, 6.07) is 1.01. The molecule has 2 saturated heterocycles. The summed E-state index contributed by atoms with van der Waals surface area (Å²) in [5.41, 5.74) is 1.74. The minimum absolute atomic E-state index is 0.124. The van der Waals surface area contributed by atoms with Crippen LogP contribution >= 0.6 is 0 Å². The summed E-state index contributed by atoms with van der Waals surface area (Å²) >= 11 is 0. The number of ether oxygens (including phenoxy) is 2. The highest BCUT2D eigenvalue weighted by Crippen LogP contribution is 2.29. The molecule has 3 aliphatic heterocycles. The quantitative estimate of drug-likeness (QED) is 0.752. The van der Waals surface area contributed by atoms with Crippen molar-refractivity contribution in [1.82, 2.24) is 25.1 Å². The molecule has 9 nitrogen and oxygen atoms in total. The van der Waals surface area contributed by atoms with E-state index in [9.17, 15) is 4.79 Å². The van der Waals surface area contributed by atoms with Crippen molar-refractivity contribution in [2.45, 2.75) is 71.2 Å². The number of carbonyl (C=O) groups is 1. The number of fused-ring (bicyclic) bond motifs is 1. The van der Waals surface area contributed by atoms with Crippen molar-refractivity contribution in [1.29, 1.82) is 0 Å². The fourth-order valence-corrected chi connectivity index (χ4v) is 4.74. The van der Waals surface area contributed by atoms with Crippen LogP contribution in [0.5, 0.6) is 6.01 Å². The van der Waals surface area contributed by atoms with E-state index in [2.05, 4.69) is 29.1 Å². The number of aromatic nitrogens is 2. The molecular formula is C23H38N6O3. The zero-order valence-corrected chi connectivity index (χ0v) is 20.2. The van der Waals surface area contributed by atoms with Crippen LogP contribution in [0.2, 0.25) is 0 Å². The summed E-state index contributed by atoms with van der Waals surface area (Å²) in [6.45, 7) is 13.2. The molecule has 0 unspecified atom stereocenters. The molecule has 1 aromatic rings. The zero-order valence-electron chi connectivity index (χ0n) is 20.2. The van der Waals surface area contributed by atoms with Gasteiger partial charge in [-0.2, -0.15) is 9.97 Å². The lowest BCUT2D eigenvalue weighted by Crippen LogP contribution is -2.55. The van der Waals surface area contributed by atoms with Gasteiger partial charge in [0.1, 0.15) is 18.0 Å². The van der Waals surface area contributed by atoms with E-state index in [1.165, 1.54) is 12.0 Å². The van der Waals surface area contributed by atoms with Gasteiger partial charge >= 0.3 is 12.1 Å². The molecule has 1 amide bonds. The molecule has 0 aliphatic carbocycles. The molecule has 2 fully saturated rings. The number of likely N-dealkylation sites (tertiary alicyclic amines) is 1. The van der Waals surface area contributed by atoms with Gasteiger partial charge in [0.15, 0.2) is 0 Å². The second-order valence-corrected chi connectivity index (χ2v) is 10.2. The molecule has 1 N–H and O–H groups in total. The summed E-state index contributed by atoms with van der Waals surface area (Å²) in [6.07, 6.45) is 3.02. The van der Waals surface area contributed by atoms with E-state index in [4.69, 9.17) is 19.4 Å². The largest absolute Gasteiger partial charge is 0.462 e. The van der Waals surface area contributed by atoms with Crippen LogP contribution in [0.4, 0.5) is 10.6 Å². The van der Waals surface area contributed by atoms with Crippen LogP contribution in [0.15, 0.2) is 0 Å². The topological polar surface area (TPSA) is 83.1 Å². The van der Waals surface area contributed by atoms with Crippen molar-refractivity contribution < 1.29 is 14.3 Å². The molecule has 0 saturated carbocycles. The molecule has 0 radical (unpaired) electrons. The van der Waals surface area contributed by atoms with Gasteiger partial charge in [0, 0.05) is 43.8 Å². The molecule has 0 bridgehead atoms. The SMILES string of the molecule is C[C@@H]1CN(C(=O)OC(C)(C)C)CCN1c1nc(OC[C@@H]2CCCN2C)nc2c1CCNC2. The number of likely N-dealkylation sites (N-methyl/N-ethyl adjacent to an activating group) is 1. The Morgan fingerprint density at radius 3 is 2.72 bits per heavy atom. The first-order valence-electron chi connectivity index (χ1n) is 11.9. The molecule has 0 aromatic carbocycles. The minimum atomic E-state index is -0.490. The second kappa shape index (κ2) is 9.39. The van der Waals surface area contributed by atoms with E-state index in [1.54, 1.807) is 4.90 Å². The minimum Gasteiger partial charge on any atom is -0.462 e. The smallest absolute Gasteiger partial charge is 0.410 e. The van der Waals surface area contributed by atoms with Gasteiger partial charge in [0.2, 0.25) is 0 Å².